The van der Waals surface area contributed by atoms with Gasteiger partial charge in [0.25, 0.3) is 0 Å². The summed E-state index contributed by atoms with van der Waals surface area (Å²) in [6, 6.07) is 8.18. The SMILES string of the molecule is CCCCCOc1ccc(CCCCC([NH])=O)cc1. The van der Waals surface area contributed by atoms with Gasteiger partial charge in [-0.1, -0.05) is 31.9 Å². The molecule has 1 amide bonds. The van der Waals surface area contributed by atoms with Gasteiger partial charge in [-0.15, -0.1) is 0 Å². The van der Waals surface area contributed by atoms with Crippen molar-refractivity contribution in [1.29, 1.82) is 0 Å². The van der Waals surface area contributed by atoms with Crippen molar-refractivity contribution in [3.63, 3.8) is 0 Å². The molecule has 0 unspecified atom stereocenters. The summed E-state index contributed by atoms with van der Waals surface area (Å²) in [6.45, 7) is 2.97. The molecule has 3 nitrogen and oxygen atoms in total. The van der Waals surface area contributed by atoms with E-state index in [1.54, 1.807) is 0 Å². The molecule has 1 rings (SSSR count). The highest BCUT2D eigenvalue weighted by Crippen LogP contribution is 2.14. The summed E-state index contributed by atoms with van der Waals surface area (Å²) < 4.78 is 5.65. The molecular formula is C16H24NO2. The molecule has 0 spiro atoms. The summed E-state index contributed by atoms with van der Waals surface area (Å²) in [7, 11) is 0. The van der Waals surface area contributed by atoms with Crippen molar-refractivity contribution in [2.75, 3.05) is 6.61 Å². The first-order valence-corrected chi connectivity index (χ1v) is 7.18. The summed E-state index contributed by atoms with van der Waals surface area (Å²) in [5.74, 6) is 0.469. The maximum atomic E-state index is 10.5. The van der Waals surface area contributed by atoms with E-state index in [0.717, 1.165) is 38.0 Å². The van der Waals surface area contributed by atoms with Crippen LogP contribution in [0.1, 0.15) is 51.0 Å². The van der Waals surface area contributed by atoms with E-state index in [1.165, 1.54) is 18.4 Å². The van der Waals surface area contributed by atoms with E-state index in [2.05, 4.69) is 19.1 Å². The number of rotatable bonds is 10. The molecule has 1 aromatic rings. The second-order valence-electron chi connectivity index (χ2n) is 4.83. The second-order valence-corrected chi connectivity index (χ2v) is 4.83. The Hall–Kier alpha value is -1.51. The van der Waals surface area contributed by atoms with Crippen LogP contribution in [0.15, 0.2) is 24.3 Å². The number of unbranched alkanes of at least 4 members (excludes halogenated alkanes) is 3. The summed E-state index contributed by atoms with van der Waals surface area (Å²) in [5.41, 5.74) is 8.09. The van der Waals surface area contributed by atoms with Crippen LogP contribution in [-0.2, 0) is 11.2 Å². The van der Waals surface area contributed by atoms with Crippen molar-refractivity contribution in [3.8, 4) is 5.75 Å². The van der Waals surface area contributed by atoms with Gasteiger partial charge in [-0.25, -0.2) is 0 Å². The zero-order valence-corrected chi connectivity index (χ0v) is 11.8. The maximum absolute atomic E-state index is 10.5. The maximum Gasteiger partial charge on any atom is 0.238 e. The Morgan fingerprint density at radius 3 is 2.47 bits per heavy atom. The number of nitrogens with one attached hydrogen (secondary N) is 1. The first-order valence-electron chi connectivity index (χ1n) is 7.18. The quantitative estimate of drug-likeness (QED) is 0.602. The molecule has 0 atom stereocenters. The number of ether oxygens (including phenoxy) is 1. The third kappa shape index (κ3) is 7.50. The second kappa shape index (κ2) is 9.42. The van der Waals surface area contributed by atoms with Crippen molar-refractivity contribution in [1.82, 2.24) is 5.73 Å². The molecule has 0 saturated heterocycles. The van der Waals surface area contributed by atoms with E-state index >= 15 is 0 Å². The highest BCUT2D eigenvalue weighted by atomic mass is 16.5. The van der Waals surface area contributed by atoms with Gasteiger partial charge in [0.05, 0.1) is 6.61 Å². The molecule has 0 saturated carbocycles. The highest BCUT2D eigenvalue weighted by Gasteiger charge is 1.98. The number of benzene rings is 1. The van der Waals surface area contributed by atoms with Gasteiger partial charge in [0.2, 0.25) is 5.91 Å². The first kappa shape index (κ1) is 15.5. The van der Waals surface area contributed by atoms with Gasteiger partial charge >= 0.3 is 0 Å². The molecule has 0 heterocycles. The zero-order valence-electron chi connectivity index (χ0n) is 11.8. The predicted molar refractivity (Wildman–Crippen MR) is 77.1 cm³/mol. The van der Waals surface area contributed by atoms with E-state index in [1.807, 2.05) is 12.1 Å². The van der Waals surface area contributed by atoms with Crippen LogP contribution < -0.4 is 10.5 Å². The van der Waals surface area contributed by atoms with E-state index in [-0.39, 0.29) is 0 Å². The predicted octanol–water partition coefficient (Wildman–Crippen LogP) is 3.78. The smallest absolute Gasteiger partial charge is 0.238 e. The van der Waals surface area contributed by atoms with E-state index in [9.17, 15) is 4.79 Å². The van der Waals surface area contributed by atoms with Crippen molar-refractivity contribution < 1.29 is 9.53 Å². The Balaban J connectivity index is 2.21. The lowest BCUT2D eigenvalue weighted by Gasteiger charge is -2.07. The Morgan fingerprint density at radius 1 is 1.11 bits per heavy atom. The van der Waals surface area contributed by atoms with E-state index < -0.39 is 5.91 Å². The molecular weight excluding hydrogens is 238 g/mol. The highest BCUT2D eigenvalue weighted by molar-refractivity contribution is 5.72. The van der Waals surface area contributed by atoms with Gasteiger partial charge in [-0.2, -0.15) is 0 Å². The van der Waals surface area contributed by atoms with Crippen LogP contribution in [0.5, 0.6) is 5.75 Å². The topological polar surface area (TPSA) is 50.1 Å². The van der Waals surface area contributed by atoms with Crippen LogP contribution >= 0.6 is 0 Å². The van der Waals surface area contributed by atoms with Crippen LogP contribution in [0, 0.1) is 0 Å². The molecule has 0 bridgehead atoms. The Bertz CT molecular complexity index is 360. The van der Waals surface area contributed by atoms with Gasteiger partial charge in [0.15, 0.2) is 0 Å². The monoisotopic (exact) mass is 262 g/mol. The Labute approximate surface area is 116 Å². The minimum absolute atomic E-state index is 0.374. The fourth-order valence-corrected chi connectivity index (χ4v) is 1.91. The fraction of sp³-hybridized carbons (Fsp3) is 0.562. The molecule has 1 N–H and O–H groups in total. The van der Waals surface area contributed by atoms with Crippen molar-refractivity contribution in [3.05, 3.63) is 29.8 Å². The number of carbonyl (C=O) groups excluding carboxylic acids is 1. The molecule has 105 valence electrons. The fourth-order valence-electron chi connectivity index (χ4n) is 1.91. The molecule has 0 aliphatic heterocycles. The number of aryl methyl sites for hydroxylation is 1. The van der Waals surface area contributed by atoms with Crippen molar-refractivity contribution in [2.45, 2.75) is 51.9 Å². The molecule has 0 aromatic heterocycles. The molecule has 0 aliphatic rings. The van der Waals surface area contributed by atoms with Crippen LogP contribution in [0.3, 0.4) is 0 Å². The van der Waals surface area contributed by atoms with Crippen LogP contribution in [0.4, 0.5) is 0 Å². The van der Waals surface area contributed by atoms with Crippen LogP contribution in [0.2, 0.25) is 0 Å². The van der Waals surface area contributed by atoms with Gasteiger partial charge in [-0.05, 0) is 43.4 Å². The Kier molecular flexibility index (Phi) is 7.71. The van der Waals surface area contributed by atoms with E-state index in [4.69, 9.17) is 10.5 Å². The largest absolute Gasteiger partial charge is 0.494 e. The number of hydrogen-bond acceptors (Lipinski definition) is 2. The summed E-state index contributed by atoms with van der Waals surface area (Å²) in [5, 5.41) is 0. The van der Waals surface area contributed by atoms with Crippen molar-refractivity contribution >= 4 is 5.91 Å². The lowest BCUT2D eigenvalue weighted by Crippen LogP contribution is -1.98. The number of hydrogen-bond donors (Lipinski definition) is 0. The zero-order chi connectivity index (χ0) is 13.9. The van der Waals surface area contributed by atoms with Gasteiger partial charge in [-0.3, -0.25) is 10.5 Å². The molecule has 1 aromatic carbocycles. The lowest BCUT2D eigenvalue weighted by atomic mass is 10.1. The summed E-state index contributed by atoms with van der Waals surface area (Å²) >= 11 is 0. The first-order chi connectivity index (χ1) is 9.22. The summed E-state index contributed by atoms with van der Waals surface area (Å²) in [4.78, 5) is 10.5. The third-order valence-corrected chi connectivity index (χ3v) is 3.06. The van der Waals surface area contributed by atoms with Crippen LogP contribution in [-0.4, -0.2) is 12.5 Å². The minimum atomic E-state index is -0.462. The molecule has 19 heavy (non-hydrogen) atoms. The standard InChI is InChI=1S/C16H24NO2/c1-2-3-6-13-19-15-11-9-14(10-12-15)7-4-5-8-16(17)18/h9-12,17H,2-8,13H2,1H3. The van der Waals surface area contributed by atoms with Gasteiger partial charge < -0.3 is 4.74 Å². The summed E-state index contributed by atoms with van der Waals surface area (Å²) in [6.07, 6.45) is 6.64. The average Bonchev–Trinajstić information content (AvgIpc) is 2.41. The normalized spacial score (nSPS) is 10.4. The average molecular weight is 262 g/mol. The molecule has 3 heteroatoms. The number of amides is 1. The van der Waals surface area contributed by atoms with Gasteiger partial charge in [0, 0.05) is 6.42 Å². The van der Waals surface area contributed by atoms with Crippen molar-refractivity contribution in [2.24, 2.45) is 0 Å². The van der Waals surface area contributed by atoms with Gasteiger partial charge in [0.1, 0.15) is 5.75 Å². The molecule has 0 fully saturated rings. The van der Waals surface area contributed by atoms with E-state index in [0.29, 0.717) is 6.42 Å². The minimum Gasteiger partial charge on any atom is -0.494 e. The third-order valence-electron chi connectivity index (χ3n) is 3.06. The molecule has 0 aliphatic carbocycles. The molecule has 1 radical (unpaired) electrons. The number of carbonyl (C=O) groups is 1. The Morgan fingerprint density at radius 2 is 1.84 bits per heavy atom. The lowest BCUT2D eigenvalue weighted by molar-refractivity contribution is -0.118. The van der Waals surface area contributed by atoms with Crippen LogP contribution in [0.25, 0.3) is 0 Å².